The molecule has 0 aliphatic rings. The first-order valence-corrected chi connectivity index (χ1v) is 5.74. The van der Waals surface area contributed by atoms with Crippen LogP contribution in [0.4, 0.5) is 17.2 Å². The molecule has 0 saturated carbocycles. The summed E-state index contributed by atoms with van der Waals surface area (Å²) in [6.45, 7) is 3.99. The SMILES string of the molecule is COc1ccc(C)cc1Nc1cc(C)c(N)cn1. The Bertz CT molecular complexity index is 567. The second-order valence-electron chi connectivity index (χ2n) is 4.25. The molecule has 4 nitrogen and oxygen atoms in total. The lowest BCUT2D eigenvalue weighted by Gasteiger charge is -2.12. The standard InChI is InChI=1S/C14H17N3O/c1-9-4-5-13(18-3)12(6-9)17-14-7-10(2)11(15)8-16-14/h4-8H,15H2,1-3H3,(H,16,17). The maximum Gasteiger partial charge on any atom is 0.142 e. The molecule has 0 fully saturated rings. The minimum absolute atomic E-state index is 0.691. The van der Waals surface area contributed by atoms with E-state index < -0.39 is 0 Å². The summed E-state index contributed by atoms with van der Waals surface area (Å²) in [7, 11) is 1.65. The van der Waals surface area contributed by atoms with Crippen LogP contribution in [-0.4, -0.2) is 12.1 Å². The van der Waals surface area contributed by atoms with Crippen molar-refractivity contribution in [1.82, 2.24) is 4.98 Å². The van der Waals surface area contributed by atoms with Crippen LogP contribution in [0.3, 0.4) is 0 Å². The number of hydrogen-bond acceptors (Lipinski definition) is 4. The van der Waals surface area contributed by atoms with Gasteiger partial charge in [-0.15, -0.1) is 0 Å². The molecule has 0 aliphatic carbocycles. The Morgan fingerprint density at radius 1 is 1.22 bits per heavy atom. The quantitative estimate of drug-likeness (QED) is 0.869. The normalized spacial score (nSPS) is 10.2. The van der Waals surface area contributed by atoms with Crippen molar-refractivity contribution in [3.8, 4) is 5.75 Å². The van der Waals surface area contributed by atoms with E-state index in [9.17, 15) is 0 Å². The Hall–Kier alpha value is -2.23. The molecule has 0 amide bonds. The second-order valence-corrected chi connectivity index (χ2v) is 4.25. The number of benzene rings is 1. The molecule has 0 aliphatic heterocycles. The van der Waals surface area contributed by atoms with E-state index >= 15 is 0 Å². The fourth-order valence-electron chi connectivity index (χ4n) is 1.69. The summed E-state index contributed by atoms with van der Waals surface area (Å²) in [6, 6.07) is 7.87. The molecule has 4 heteroatoms. The fourth-order valence-corrected chi connectivity index (χ4v) is 1.69. The molecule has 2 rings (SSSR count). The van der Waals surface area contributed by atoms with Crippen molar-refractivity contribution in [1.29, 1.82) is 0 Å². The number of methoxy groups -OCH3 is 1. The van der Waals surface area contributed by atoms with Crippen LogP contribution in [-0.2, 0) is 0 Å². The predicted octanol–water partition coefficient (Wildman–Crippen LogP) is 3.03. The third-order valence-electron chi connectivity index (χ3n) is 2.77. The average Bonchev–Trinajstić information content (AvgIpc) is 2.34. The van der Waals surface area contributed by atoms with Crippen LogP contribution in [0, 0.1) is 13.8 Å². The maximum atomic E-state index is 5.75. The first kappa shape index (κ1) is 12.2. The van der Waals surface area contributed by atoms with E-state index in [0.29, 0.717) is 5.69 Å². The number of hydrogen-bond donors (Lipinski definition) is 2. The molecule has 3 N–H and O–H groups in total. The summed E-state index contributed by atoms with van der Waals surface area (Å²) in [5.41, 5.74) is 9.49. The van der Waals surface area contributed by atoms with E-state index in [1.165, 1.54) is 0 Å². The van der Waals surface area contributed by atoms with Gasteiger partial charge in [0, 0.05) is 0 Å². The van der Waals surface area contributed by atoms with Gasteiger partial charge in [-0.2, -0.15) is 0 Å². The lowest BCUT2D eigenvalue weighted by Crippen LogP contribution is -1.99. The van der Waals surface area contributed by atoms with E-state index in [-0.39, 0.29) is 0 Å². The van der Waals surface area contributed by atoms with E-state index in [1.807, 2.05) is 38.1 Å². The van der Waals surface area contributed by atoms with Gasteiger partial charge in [-0.25, -0.2) is 4.98 Å². The summed E-state index contributed by atoms with van der Waals surface area (Å²) < 4.78 is 5.31. The second kappa shape index (κ2) is 4.96. The molecule has 1 aromatic carbocycles. The Morgan fingerprint density at radius 3 is 2.67 bits per heavy atom. The van der Waals surface area contributed by atoms with Crippen molar-refractivity contribution in [2.45, 2.75) is 13.8 Å². The van der Waals surface area contributed by atoms with Crippen LogP contribution < -0.4 is 15.8 Å². The van der Waals surface area contributed by atoms with E-state index in [2.05, 4.69) is 10.3 Å². The van der Waals surface area contributed by atoms with Crippen molar-refractivity contribution in [2.75, 3.05) is 18.2 Å². The van der Waals surface area contributed by atoms with Gasteiger partial charge < -0.3 is 15.8 Å². The molecule has 1 heterocycles. The van der Waals surface area contributed by atoms with E-state index in [4.69, 9.17) is 10.5 Å². The average molecular weight is 243 g/mol. The maximum absolute atomic E-state index is 5.75. The zero-order valence-corrected chi connectivity index (χ0v) is 10.8. The summed E-state index contributed by atoms with van der Waals surface area (Å²) in [6.07, 6.45) is 1.65. The van der Waals surface area contributed by atoms with Gasteiger partial charge in [-0.1, -0.05) is 6.07 Å². The Morgan fingerprint density at radius 2 is 2.00 bits per heavy atom. The van der Waals surface area contributed by atoms with Crippen molar-refractivity contribution in [3.05, 3.63) is 41.6 Å². The molecule has 1 aromatic heterocycles. The summed E-state index contributed by atoms with van der Waals surface area (Å²) in [5.74, 6) is 1.54. The van der Waals surface area contributed by atoms with Crippen LogP contribution in [0.15, 0.2) is 30.5 Å². The highest BCUT2D eigenvalue weighted by Crippen LogP contribution is 2.28. The number of nitrogens with two attached hydrogens (primary N) is 1. The van der Waals surface area contributed by atoms with Gasteiger partial charge in [0.2, 0.25) is 0 Å². The molecule has 0 spiro atoms. The molecular formula is C14H17N3O. The number of nitrogens with one attached hydrogen (secondary N) is 1. The summed E-state index contributed by atoms with van der Waals surface area (Å²) in [5, 5.41) is 3.24. The number of rotatable bonds is 3. The zero-order chi connectivity index (χ0) is 13.1. The number of aryl methyl sites for hydroxylation is 2. The van der Waals surface area contributed by atoms with Crippen molar-refractivity contribution in [2.24, 2.45) is 0 Å². The molecule has 18 heavy (non-hydrogen) atoms. The number of aromatic nitrogens is 1. The van der Waals surface area contributed by atoms with Gasteiger partial charge in [-0.05, 0) is 43.2 Å². The van der Waals surface area contributed by atoms with Gasteiger partial charge in [-0.3, -0.25) is 0 Å². The lowest BCUT2D eigenvalue weighted by molar-refractivity contribution is 0.416. The third-order valence-corrected chi connectivity index (χ3v) is 2.77. The molecule has 2 aromatic rings. The van der Waals surface area contributed by atoms with Crippen molar-refractivity contribution in [3.63, 3.8) is 0 Å². The van der Waals surface area contributed by atoms with Crippen LogP contribution in [0.2, 0.25) is 0 Å². The van der Waals surface area contributed by atoms with Gasteiger partial charge >= 0.3 is 0 Å². The first-order valence-electron chi connectivity index (χ1n) is 5.74. The Balaban J connectivity index is 2.33. The molecule has 0 bridgehead atoms. The number of pyridine rings is 1. The van der Waals surface area contributed by atoms with E-state index in [1.54, 1.807) is 13.3 Å². The third kappa shape index (κ3) is 2.53. The number of ether oxygens (including phenoxy) is 1. The molecular weight excluding hydrogens is 226 g/mol. The summed E-state index contributed by atoms with van der Waals surface area (Å²) >= 11 is 0. The highest BCUT2D eigenvalue weighted by Gasteiger charge is 2.05. The van der Waals surface area contributed by atoms with Gasteiger partial charge in [0.15, 0.2) is 0 Å². The summed E-state index contributed by atoms with van der Waals surface area (Å²) in [4.78, 5) is 4.25. The Labute approximate surface area is 107 Å². The number of nitrogens with zero attached hydrogens (tertiary/aromatic N) is 1. The predicted molar refractivity (Wildman–Crippen MR) is 74.4 cm³/mol. The highest BCUT2D eigenvalue weighted by molar-refractivity contribution is 5.66. The van der Waals surface area contributed by atoms with Gasteiger partial charge in [0.25, 0.3) is 0 Å². The largest absolute Gasteiger partial charge is 0.495 e. The zero-order valence-electron chi connectivity index (χ0n) is 10.8. The monoisotopic (exact) mass is 243 g/mol. The minimum atomic E-state index is 0.691. The molecule has 0 atom stereocenters. The molecule has 0 saturated heterocycles. The smallest absolute Gasteiger partial charge is 0.142 e. The number of anilines is 3. The molecule has 0 unspecified atom stereocenters. The van der Waals surface area contributed by atoms with Crippen LogP contribution in [0.25, 0.3) is 0 Å². The molecule has 94 valence electrons. The van der Waals surface area contributed by atoms with Gasteiger partial charge in [0.1, 0.15) is 11.6 Å². The highest BCUT2D eigenvalue weighted by atomic mass is 16.5. The molecule has 0 radical (unpaired) electrons. The van der Waals surface area contributed by atoms with Gasteiger partial charge in [0.05, 0.1) is 24.7 Å². The van der Waals surface area contributed by atoms with Crippen LogP contribution in [0.1, 0.15) is 11.1 Å². The van der Waals surface area contributed by atoms with Crippen LogP contribution in [0.5, 0.6) is 5.75 Å². The Kier molecular flexibility index (Phi) is 3.37. The van der Waals surface area contributed by atoms with E-state index in [0.717, 1.165) is 28.4 Å². The van der Waals surface area contributed by atoms with Crippen molar-refractivity contribution >= 4 is 17.2 Å². The number of nitrogen functional groups attached to an aromatic ring is 1. The fraction of sp³-hybridized carbons (Fsp3) is 0.214. The lowest BCUT2D eigenvalue weighted by atomic mass is 10.2. The topological polar surface area (TPSA) is 60.2 Å². The minimum Gasteiger partial charge on any atom is -0.495 e. The first-order chi connectivity index (χ1) is 8.60. The van der Waals surface area contributed by atoms with Crippen molar-refractivity contribution < 1.29 is 4.74 Å². The van der Waals surface area contributed by atoms with Crippen LogP contribution >= 0.6 is 0 Å².